The topological polar surface area (TPSA) is 68.0 Å². The molecular formula is C11H10ClN3OS. The van der Waals surface area contributed by atoms with Crippen LogP contribution in [0.4, 0.5) is 11.5 Å². The number of anilines is 2. The maximum absolute atomic E-state index is 11.8. The molecule has 0 radical (unpaired) electrons. The number of pyridine rings is 1. The largest absolute Gasteiger partial charge is 0.397 e. The molecule has 0 aliphatic rings. The van der Waals surface area contributed by atoms with Crippen LogP contribution in [0.1, 0.15) is 15.2 Å². The Morgan fingerprint density at radius 1 is 1.53 bits per heavy atom. The second kappa shape index (κ2) is 4.73. The van der Waals surface area contributed by atoms with Gasteiger partial charge >= 0.3 is 0 Å². The van der Waals surface area contributed by atoms with Gasteiger partial charge in [-0.1, -0.05) is 11.6 Å². The van der Waals surface area contributed by atoms with Gasteiger partial charge in [0.1, 0.15) is 5.82 Å². The average Bonchev–Trinajstić information content (AvgIpc) is 2.70. The summed E-state index contributed by atoms with van der Waals surface area (Å²) in [4.78, 5) is 16.4. The van der Waals surface area contributed by atoms with Gasteiger partial charge in [-0.05, 0) is 30.7 Å². The summed E-state index contributed by atoms with van der Waals surface area (Å²) in [5, 5.41) is 2.69. The van der Waals surface area contributed by atoms with Gasteiger partial charge in [0.15, 0.2) is 0 Å². The number of thiophene rings is 1. The number of rotatable bonds is 2. The number of nitrogen functional groups attached to an aromatic ring is 1. The highest BCUT2D eigenvalue weighted by molar-refractivity contribution is 7.18. The third-order valence-corrected chi connectivity index (χ3v) is 3.42. The van der Waals surface area contributed by atoms with Crippen molar-refractivity contribution in [3.05, 3.63) is 39.2 Å². The molecule has 17 heavy (non-hydrogen) atoms. The van der Waals surface area contributed by atoms with Crippen molar-refractivity contribution in [2.24, 2.45) is 0 Å². The van der Waals surface area contributed by atoms with Crippen molar-refractivity contribution in [1.29, 1.82) is 0 Å². The van der Waals surface area contributed by atoms with Gasteiger partial charge in [-0.25, -0.2) is 4.98 Å². The molecule has 0 aliphatic carbocycles. The zero-order valence-electron chi connectivity index (χ0n) is 9.03. The van der Waals surface area contributed by atoms with Gasteiger partial charge < -0.3 is 11.1 Å². The van der Waals surface area contributed by atoms with E-state index in [0.717, 1.165) is 5.56 Å². The third-order valence-electron chi connectivity index (χ3n) is 2.19. The Bertz CT molecular complexity index is 568. The van der Waals surface area contributed by atoms with Gasteiger partial charge in [-0.3, -0.25) is 4.79 Å². The number of nitrogens with zero attached hydrogens (tertiary/aromatic N) is 1. The van der Waals surface area contributed by atoms with Crippen LogP contribution in [-0.4, -0.2) is 10.9 Å². The van der Waals surface area contributed by atoms with Crippen molar-refractivity contribution < 1.29 is 4.79 Å². The van der Waals surface area contributed by atoms with Gasteiger partial charge in [0, 0.05) is 0 Å². The lowest BCUT2D eigenvalue weighted by Crippen LogP contribution is -2.11. The fraction of sp³-hybridized carbons (Fsp3) is 0.0909. The summed E-state index contributed by atoms with van der Waals surface area (Å²) in [6.45, 7) is 1.86. The first-order valence-corrected chi connectivity index (χ1v) is 6.04. The van der Waals surface area contributed by atoms with Gasteiger partial charge in [0.05, 0.1) is 21.1 Å². The molecule has 2 aromatic heterocycles. The number of carbonyl (C=O) groups is 1. The lowest BCUT2D eigenvalue weighted by molar-refractivity contribution is 0.103. The monoisotopic (exact) mass is 267 g/mol. The zero-order valence-corrected chi connectivity index (χ0v) is 10.6. The van der Waals surface area contributed by atoms with Crippen LogP contribution >= 0.6 is 22.9 Å². The van der Waals surface area contributed by atoms with Gasteiger partial charge in [-0.15, -0.1) is 11.3 Å². The molecule has 0 saturated heterocycles. The number of aryl methyl sites for hydroxylation is 1. The summed E-state index contributed by atoms with van der Waals surface area (Å²) in [6.07, 6.45) is 1.52. The van der Waals surface area contributed by atoms with Crippen molar-refractivity contribution in [2.75, 3.05) is 11.1 Å². The number of carbonyl (C=O) groups excluding carboxylic acids is 1. The summed E-state index contributed by atoms with van der Waals surface area (Å²) in [5.74, 6) is 0.254. The Balaban J connectivity index is 2.15. The number of amides is 1. The molecule has 88 valence electrons. The average molecular weight is 268 g/mol. The molecule has 0 fully saturated rings. The van der Waals surface area contributed by atoms with Crippen molar-refractivity contribution in [2.45, 2.75) is 6.92 Å². The second-order valence-electron chi connectivity index (χ2n) is 3.48. The number of hydrogen-bond donors (Lipinski definition) is 2. The van der Waals surface area contributed by atoms with Crippen LogP contribution in [0.15, 0.2) is 24.4 Å². The van der Waals surface area contributed by atoms with E-state index in [2.05, 4.69) is 10.3 Å². The molecule has 2 heterocycles. The van der Waals surface area contributed by atoms with Crippen LogP contribution in [0.3, 0.4) is 0 Å². The van der Waals surface area contributed by atoms with E-state index in [4.69, 9.17) is 17.3 Å². The minimum absolute atomic E-state index is 0.224. The first-order valence-electron chi connectivity index (χ1n) is 4.85. The molecule has 0 spiro atoms. The summed E-state index contributed by atoms with van der Waals surface area (Å²) in [7, 11) is 0. The van der Waals surface area contributed by atoms with E-state index >= 15 is 0 Å². The predicted molar refractivity (Wildman–Crippen MR) is 70.7 cm³/mol. The van der Waals surface area contributed by atoms with Crippen LogP contribution in [0, 0.1) is 6.92 Å². The van der Waals surface area contributed by atoms with E-state index in [9.17, 15) is 4.79 Å². The van der Waals surface area contributed by atoms with Crippen LogP contribution in [0.2, 0.25) is 4.34 Å². The maximum Gasteiger partial charge on any atom is 0.266 e. The standard InChI is InChI=1S/C11H10ClN3OS/c1-6-4-10(14-5-7(6)13)15-11(16)8-2-3-9(12)17-8/h2-5H,13H2,1H3,(H,14,15,16). The van der Waals surface area contributed by atoms with E-state index in [-0.39, 0.29) is 5.91 Å². The molecular weight excluding hydrogens is 258 g/mol. The summed E-state index contributed by atoms with van der Waals surface area (Å²) < 4.78 is 0.580. The predicted octanol–water partition coefficient (Wildman–Crippen LogP) is 2.94. The molecule has 6 heteroatoms. The molecule has 1 amide bonds. The van der Waals surface area contributed by atoms with Crippen LogP contribution in [-0.2, 0) is 0 Å². The molecule has 0 atom stereocenters. The normalized spacial score (nSPS) is 10.2. The van der Waals surface area contributed by atoms with E-state index in [1.807, 2.05) is 6.92 Å². The lowest BCUT2D eigenvalue weighted by atomic mass is 10.2. The summed E-state index contributed by atoms with van der Waals surface area (Å²) >= 11 is 6.98. The first-order chi connectivity index (χ1) is 8.06. The second-order valence-corrected chi connectivity index (χ2v) is 5.20. The minimum atomic E-state index is -0.224. The van der Waals surface area contributed by atoms with Gasteiger partial charge in [0.2, 0.25) is 0 Å². The molecule has 3 N–H and O–H groups in total. The summed E-state index contributed by atoms with van der Waals surface area (Å²) in [6, 6.07) is 5.08. The van der Waals surface area contributed by atoms with E-state index in [1.165, 1.54) is 17.5 Å². The molecule has 0 saturated carbocycles. The van der Waals surface area contributed by atoms with Gasteiger partial charge in [0.25, 0.3) is 5.91 Å². The quantitative estimate of drug-likeness (QED) is 0.879. The SMILES string of the molecule is Cc1cc(NC(=O)c2ccc(Cl)s2)ncc1N. The first kappa shape index (κ1) is 11.9. The molecule has 0 unspecified atom stereocenters. The smallest absolute Gasteiger partial charge is 0.266 e. The van der Waals surface area contributed by atoms with Crippen molar-refractivity contribution in [3.63, 3.8) is 0 Å². The van der Waals surface area contributed by atoms with Gasteiger partial charge in [-0.2, -0.15) is 0 Å². The molecule has 0 aromatic carbocycles. The molecule has 0 bridgehead atoms. The molecule has 2 aromatic rings. The Kier molecular flexibility index (Phi) is 3.31. The Morgan fingerprint density at radius 2 is 2.29 bits per heavy atom. The van der Waals surface area contributed by atoms with Crippen molar-refractivity contribution in [1.82, 2.24) is 4.98 Å². The number of aromatic nitrogens is 1. The zero-order chi connectivity index (χ0) is 12.4. The number of hydrogen-bond acceptors (Lipinski definition) is 4. The van der Waals surface area contributed by atoms with Crippen LogP contribution in [0.5, 0.6) is 0 Å². The highest BCUT2D eigenvalue weighted by Gasteiger charge is 2.09. The Labute approximate surface area is 107 Å². The van der Waals surface area contributed by atoms with E-state index in [1.54, 1.807) is 18.2 Å². The Morgan fingerprint density at radius 3 is 2.88 bits per heavy atom. The molecule has 0 aliphatic heterocycles. The van der Waals surface area contributed by atoms with E-state index in [0.29, 0.717) is 20.7 Å². The lowest BCUT2D eigenvalue weighted by Gasteiger charge is -2.05. The fourth-order valence-corrected chi connectivity index (χ4v) is 2.19. The van der Waals surface area contributed by atoms with Crippen LogP contribution < -0.4 is 11.1 Å². The third kappa shape index (κ3) is 2.75. The highest BCUT2D eigenvalue weighted by Crippen LogP contribution is 2.22. The summed E-state index contributed by atoms with van der Waals surface area (Å²) in [5.41, 5.74) is 7.12. The molecule has 4 nitrogen and oxygen atoms in total. The van der Waals surface area contributed by atoms with Crippen LogP contribution in [0.25, 0.3) is 0 Å². The van der Waals surface area contributed by atoms with Crippen molar-refractivity contribution >= 4 is 40.4 Å². The number of halogens is 1. The molecule has 2 rings (SSSR count). The highest BCUT2D eigenvalue weighted by atomic mass is 35.5. The minimum Gasteiger partial charge on any atom is -0.397 e. The number of nitrogens with two attached hydrogens (primary N) is 1. The maximum atomic E-state index is 11.8. The van der Waals surface area contributed by atoms with E-state index < -0.39 is 0 Å². The Hall–Kier alpha value is -1.59. The number of nitrogens with one attached hydrogen (secondary N) is 1. The fourth-order valence-electron chi connectivity index (χ4n) is 1.25. The van der Waals surface area contributed by atoms with Crippen molar-refractivity contribution in [3.8, 4) is 0 Å².